The van der Waals surface area contributed by atoms with E-state index in [4.69, 9.17) is 0 Å². The Bertz CT molecular complexity index is 729. The zero-order valence-corrected chi connectivity index (χ0v) is 11.9. The Morgan fingerprint density at radius 2 is 1.81 bits per heavy atom. The molecule has 1 heterocycles. The molecule has 0 bridgehead atoms. The minimum atomic E-state index is 0.170. The van der Waals surface area contributed by atoms with Crippen molar-refractivity contribution >= 4 is 16.6 Å². The Morgan fingerprint density at radius 1 is 1.00 bits per heavy atom. The molecule has 2 heteroatoms. The lowest BCUT2D eigenvalue weighted by molar-refractivity contribution is 0.804. The van der Waals surface area contributed by atoms with Gasteiger partial charge in [-0.05, 0) is 24.6 Å². The number of para-hydroxylation sites is 2. The second-order valence-electron chi connectivity index (χ2n) is 5.01. The quantitative estimate of drug-likeness (QED) is 0.665. The van der Waals surface area contributed by atoms with E-state index in [2.05, 4.69) is 53.3 Å². The van der Waals surface area contributed by atoms with Crippen molar-refractivity contribution < 1.29 is 0 Å². The molecule has 0 aliphatic carbocycles. The molecule has 0 spiro atoms. The zero-order valence-electron chi connectivity index (χ0n) is 11.9. The Balaban J connectivity index is 2.01. The highest BCUT2D eigenvalue weighted by Crippen LogP contribution is 2.28. The maximum atomic E-state index is 4.55. The summed E-state index contributed by atoms with van der Waals surface area (Å²) in [6.45, 7) is 3.89. The van der Waals surface area contributed by atoms with Gasteiger partial charge in [0.1, 0.15) is 0 Å². The van der Waals surface area contributed by atoms with Gasteiger partial charge in [-0.1, -0.05) is 48.5 Å². The minimum absolute atomic E-state index is 0.170. The fraction of sp³-hybridized carbons (Fsp3) is 0.105. The second-order valence-corrected chi connectivity index (χ2v) is 5.01. The first-order chi connectivity index (χ1) is 10.4. The maximum Gasteiger partial charge on any atom is 0.0754 e. The van der Waals surface area contributed by atoms with E-state index < -0.39 is 0 Å². The van der Waals surface area contributed by atoms with Crippen LogP contribution in [0.4, 0.5) is 5.69 Å². The molecule has 21 heavy (non-hydrogen) atoms. The van der Waals surface area contributed by atoms with Crippen molar-refractivity contribution in [3.05, 3.63) is 85.1 Å². The molecule has 1 unspecified atom stereocenters. The summed E-state index contributed by atoms with van der Waals surface area (Å²) in [4.78, 5) is 4.55. The Morgan fingerprint density at radius 3 is 2.62 bits per heavy atom. The Labute approximate surface area is 125 Å². The molecular weight excluding hydrogens is 256 g/mol. The van der Waals surface area contributed by atoms with Crippen LogP contribution < -0.4 is 5.32 Å². The second kappa shape index (κ2) is 6.23. The topological polar surface area (TPSA) is 24.9 Å². The van der Waals surface area contributed by atoms with E-state index in [1.54, 1.807) is 0 Å². The lowest BCUT2D eigenvalue weighted by atomic mass is 10.00. The minimum Gasteiger partial charge on any atom is -0.378 e. The highest BCUT2D eigenvalue weighted by atomic mass is 14.9. The number of nitrogens with one attached hydrogen (secondary N) is 1. The van der Waals surface area contributed by atoms with E-state index in [0.29, 0.717) is 0 Å². The fourth-order valence-corrected chi connectivity index (χ4v) is 2.57. The number of pyridine rings is 1. The van der Waals surface area contributed by atoms with E-state index in [1.165, 1.54) is 10.9 Å². The van der Waals surface area contributed by atoms with Gasteiger partial charge < -0.3 is 5.32 Å². The van der Waals surface area contributed by atoms with E-state index in [0.717, 1.165) is 17.6 Å². The summed E-state index contributed by atoms with van der Waals surface area (Å²) in [6, 6.07) is 20.8. The van der Waals surface area contributed by atoms with Gasteiger partial charge in [0.15, 0.2) is 0 Å². The molecule has 1 N–H and O–H groups in total. The van der Waals surface area contributed by atoms with Crippen LogP contribution in [0.3, 0.4) is 0 Å². The third-order valence-corrected chi connectivity index (χ3v) is 3.56. The molecule has 0 fully saturated rings. The molecule has 1 atom stereocenters. The molecule has 3 aromatic rings. The van der Waals surface area contributed by atoms with Crippen molar-refractivity contribution in [1.82, 2.24) is 4.98 Å². The van der Waals surface area contributed by atoms with Crippen molar-refractivity contribution in [3.63, 3.8) is 0 Å². The number of aromatic nitrogens is 1. The van der Waals surface area contributed by atoms with Gasteiger partial charge in [-0.2, -0.15) is 0 Å². The third-order valence-electron chi connectivity index (χ3n) is 3.56. The average Bonchev–Trinajstić information content (AvgIpc) is 2.55. The number of hydrogen-bond acceptors (Lipinski definition) is 2. The van der Waals surface area contributed by atoms with Crippen LogP contribution in [-0.4, -0.2) is 4.98 Å². The first-order valence-electron chi connectivity index (χ1n) is 7.14. The van der Waals surface area contributed by atoms with Gasteiger partial charge >= 0.3 is 0 Å². The lowest BCUT2D eigenvalue weighted by Gasteiger charge is -2.20. The predicted molar refractivity (Wildman–Crippen MR) is 89.4 cm³/mol. The summed E-state index contributed by atoms with van der Waals surface area (Å²) in [5, 5.41) is 4.74. The molecule has 0 aliphatic rings. The molecule has 0 saturated carbocycles. The van der Waals surface area contributed by atoms with Gasteiger partial charge in [-0.15, -0.1) is 6.58 Å². The number of hydrogen-bond donors (Lipinski definition) is 1. The summed E-state index contributed by atoms with van der Waals surface area (Å²) in [5.41, 5.74) is 3.37. The number of rotatable bonds is 5. The summed E-state index contributed by atoms with van der Waals surface area (Å²) in [6.07, 6.45) is 4.65. The zero-order chi connectivity index (χ0) is 14.5. The first kappa shape index (κ1) is 13.4. The van der Waals surface area contributed by atoms with Crippen LogP contribution in [0.25, 0.3) is 10.9 Å². The lowest BCUT2D eigenvalue weighted by Crippen LogP contribution is -2.10. The number of benzene rings is 2. The Kier molecular flexibility index (Phi) is 3.97. The van der Waals surface area contributed by atoms with Crippen LogP contribution in [0.1, 0.15) is 18.0 Å². The number of anilines is 1. The first-order valence-corrected chi connectivity index (χ1v) is 7.14. The van der Waals surface area contributed by atoms with Crippen LogP contribution in [0.2, 0.25) is 0 Å². The fourth-order valence-electron chi connectivity index (χ4n) is 2.57. The number of nitrogens with zero attached hydrogens (tertiary/aromatic N) is 1. The van der Waals surface area contributed by atoms with Crippen molar-refractivity contribution in [2.75, 3.05) is 5.32 Å². The van der Waals surface area contributed by atoms with E-state index in [1.807, 2.05) is 36.5 Å². The summed E-state index contributed by atoms with van der Waals surface area (Å²) >= 11 is 0. The van der Waals surface area contributed by atoms with Crippen molar-refractivity contribution in [1.29, 1.82) is 0 Å². The number of fused-ring (bicyclic) bond motifs is 1. The van der Waals surface area contributed by atoms with E-state index in [-0.39, 0.29) is 6.04 Å². The summed E-state index contributed by atoms with van der Waals surface area (Å²) in [7, 11) is 0. The van der Waals surface area contributed by atoms with Crippen molar-refractivity contribution in [2.24, 2.45) is 0 Å². The van der Waals surface area contributed by atoms with Crippen LogP contribution >= 0.6 is 0 Å². The van der Waals surface area contributed by atoms with Gasteiger partial charge in [0, 0.05) is 22.8 Å². The average molecular weight is 274 g/mol. The van der Waals surface area contributed by atoms with Crippen molar-refractivity contribution in [2.45, 2.75) is 12.5 Å². The molecule has 2 aromatic carbocycles. The highest BCUT2D eigenvalue weighted by Gasteiger charge is 2.13. The SMILES string of the molecule is C=CCC(Nc1ccccc1)c1cccc2cccnc12. The van der Waals surface area contributed by atoms with Gasteiger partial charge in [0.05, 0.1) is 11.6 Å². The van der Waals surface area contributed by atoms with Gasteiger partial charge in [0.2, 0.25) is 0 Å². The monoisotopic (exact) mass is 274 g/mol. The summed E-state index contributed by atoms with van der Waals surface area (Å²) in [5.74, 6) is 0. The van der Waals surface area contributed by atoms with Gasteiger partial charge in [0.25, 0.3) is 0 Å². The molecular formula is C19H18N2. The van der Waals surface area contributed by atoms with Crippen LogP contribution in [0.15, 0.2) is 79.5 Å². The maximum absolute atomic E-state index is 4.55. The van der Waals surface area contributed by atoms with Crippen LogP contribution in [0.5, 0.6) is 0 Å². The predicted octanol–water partition coefficient (Wildman–Crippen LogP) is 4.96. The molecule has 0 saturated heterocycles. The summed E-state index contributed by atoms with van der Waals surface area (Å²) < 4.78 is 0. The normalized spacial score (nSPS) is 12.0. The van der Waals surface area contributed by atoms with Crippen molar-refractivity contribution in [3.8, 4) is 0 Å². The van der Waals surface area contributed by atoms with E-state index in [9.17, 15) is 0 Å². The largest absolute Gasteiger partial charge is 0.378 e. The third kappa shape index (κ3) is 2.95. The molecule has 2 nitrogen and oxygen atoms in total. The smallest absolute Gasteiger partial charge is 0.0754 e. The molecule has 1 aromatic heterocycles. The van der Waals surface area contributed by atoms with E-state index >= 15 is 0 Å². The molecule has 104 valence electrons. The molecule has 0 aliphatic heterocycles. The molecule has 3 rings (SSSR count). The van der Waals surface area contributed by atoms with Crippen LogP contribution in [-0.2, 0) is 0 Å². The van der Waals surface area contributed by atoms with Gasteiger partial charge in [-0.25, -0.2) is 0 Å². The molecule has 0 amide bonds. The molecule has 0 radical (unpaired) electrons. The Hall–Kier alpha value is -2.61. The highest BCUT2D eigenvalue weighted by molar-refractivity contribution is 5.82. The van der Waals surface area contributed by atoms with Crippen LogP contribution in [0, 0.1) is 0 Å². The van der Waals surface area contributed by atoms with Gasteiger partial charge in [-0.3, -0.25) is 4.98 Å². The standard InChI is InChI=1S/C19H18N2/c1-2-8-18(21-16-11-4-3-5-12-16)17-13-6-9-15-10-7-14-20-19(15)17/h2-7,9-14,18,21H,1,8H2.